The summed E-state index contributed by atoms with van der Waals surface area (Å²) in [4.78, 5) is 11.9. The van der Waals surface area contributed by atoms with Gasteiger partial charge in [-0.1, -0.05) is 29.3 Å². The molecule has 0 unspecified atom stereocenters. The minimum atomic E-state index is -0.513. The molecular weight excluding hydrogens is 335 g/mol. The number of rotatable bonds is 4. The van der Waals surface area contributed by atoms with Crippen molar-refractivity contribution in [1.82, 2.24) is 0 Å². The molecule has 3 nitrogen and oxygen atoms in total. The average molecular weight is 353 g/mol. The largest absolute Gasteiger partial charge is 0.460 e. The van der Waals surface area contributed by atoms with Gasteiger partial charge < -0.3 is 9.47 Å². The first kappa shape index (κ1) is 17.6. The second kappa shape index (κ2) is 7.24. The quantitative estimate of drug-likeness (QED) is 0.665. The van der Waals surface area contributed by atoms with Crippen molar-refractivity contribution in [2.75, 3.05) is 0 Å². The van der Waals surface area contributed by atoms with Crippen LogP contribution < -0.4 is 4.74 Å². The molecule has 0 bridgehead atoms. The smallest absolute Gasteiger partial charge is 0.310 e. The summed E-state index contributed by atoms with van der Waals surface area (Å²) in [5, 5.41) is 1.10. The first-order chi connectivity index (χ1) is 10.7. The molecule has 0 radical (unpaired) electrons. The molecular formula is C18H18Cl2O3. The van der Waals surface area contributed by atoms with Crippen molar-refractivity contribution in [3.63, 3.8) is 0 Å². The Morgan fingerprint density at radius 2 is 1.61 bits per heavy atom. The number of carbonyl (C=O) groups excluding carboxylic acids is 1. The Balaban J connectivity index is 2.05. The fourth-order valence-electron chi connectivity index (χ4n) is 1.91. The third-order valence-corrected chi connectivity index (χ3v) is 3.43. The number of halogens is 2. The Hall–Kier alpha value is -1.71. The van der Waals surface area contributed by atoms with Crippen LogP contribution in [0.4, 0.5) is 0 Å². The number of carbonyl (C=O) groups is 1. The van der Waals surface area contributed by atoms with E-state index in [0.717, 1.165) is 0 Å². The van der Waals surface area contributed by atoms with Crippen LogP contribution in [0, 0.1) is 0 Å². The van der Waals surface area contributed by atoms with Crippen LogP contribution in [0.5, 0.6) is 11.5 Å². The molecule has 0 amide bonds. The third kappa shape index (κ3) is 5.77. The van der Waals surface area contributed by atoms with Crippen molar-refractivity contribution in [3.05, 3.63) is 58.1 Å². The van der Waals surface area contributed by atoms with Crippen LogP contribution in [0.3, 0.4) is 0 Å². The molecule has 2 aromatic rings. The first-order valence-corrected chi connectivity index (χ1v) is 7.92. The summed E-state index contributed by atoms with van der Waals surface area (Å²) in [6.07, 6.45) is 0.122. The van der Waals surface area contributed by atoms with Crippen molar-refractivity contribution < 1.29 is 14.3 Å². The summed E-state index contributed by atoms with van der Waals surface area (Å²) in [6.45, 7) is 5.49. The van der Waals surface area contributed by atoms with E-state index < -0.39 is 5.60 Å². The predicted molar refractivity (Wildman–Crippen MR) is 92.5 cm³/mol. The van der Waals surface area contributed by atoms with Gasteiger partial charge in [-0.15, -0.1) is 0 Å². The van der Waals surface area contributed by atoms with E-state index in [9.17, 15) is 4.79 Å². The molecule has 0 spiro atoms. The fourth-order valence-corrected chi connectivity index (χ4v) is 2.27. The van der Waals surface area contributed by atoms with E-state index >= 15 is 0 Å². The molecule has 2 aromatic carbocycles. The Labute approximate surface area is 146 Å². The molecule has 23 heavy (non-hydrogen) atoms. The van der Waals surface area contributed by atoms with E-state index in [1.54, 1.807) is 42.5 Å². The molecule has 5 heteroatoms. The van der Waals surface area contributed by atoms with Gasteiger partial charge in [0, 0.05) is 10.0 Å². The van der Waals surface area contributed by atoms with Gasteiger partial charge in [0.2, 0.25) is 0 Å². The molecule has 0 aliphatic rings. The highest BCUT2D eigenvalue weighted by molar-refractivity contribution is 6.31. The summed E-state index contributed by atoms with van der Waals surface area (Å²) < 4.78 is 11.0. The van der Waals surface area contributed by atoms with Crippen LogP contribution in [0.25, 0.3) is 0 Å². The molecule has 2 rings (SSSR count). The van der Waals surface area contributed by atoms with Gasteiger partial charge in [0.25, 0.3) is 0 Å². The molecule has 0 atom stereocenters. The molecule has 0 saturated carbocycles. The van der Waals surface area contributed by atoms with E-state index in [1.807, 2.05) is 20.8 Å². The standard InChI is InChI=1S/C18H18Cl2O3/c1-18(2,3)23-17(21)10-12-4-7-15(11-16(12)20)22-14-8-5-13(19)6-9-14/h4-9,11H,10H2,1-3H3. The van der Waals surface area contributed by atoms with E-state index in [4.69, 9.17) is 32.7 Å². The second-order valence-corrected chi connectivity index (χ2v) is 6.92. The number of hydrogen-bond donors (Lipinski definition) is 0. The summed E-state index contributed by atoms with van der Waals surface area (Å²) in [7, 11) is 0. The molecule has 0 N–H and O–H groups in total. The van der Waals surface area contributed by atoms with Crippen molar-refractivity contribution in [3.8, 4) is 11.5 Å². The van der Waals surface area contributed by atoms with Crippen LogP contribution in [-0.4, -0.2) is 11.6 Å². The highest BCUT2D eigenvalue weighted by Gasteiger charge is 2.17. The Bertz CT molecular complexity index is 688. The van der Waals surface area contributed by atoms with Gasteiger partial charge in [-0.05, 0) is 62.7 Å². The van der Waals surface area contributed by atoms with Crippen LogP contribution in [0.2, 0.25) is 10.0 Å². The van der Waals surface area contributed by atoms with Crippen LogP contribution in [0.1, 0.15) is 26.3 Å². The maximum Gasteiger partial charge on any atom is 0.310 e. The lowest BCUT2D eigenvalue weighted by Gasteiger charge is -2.19. The number of hydrogen-bond acceptors (Lipinski definition) is 3. The zero-order valence-corrected chi connectivity index (χ0v) is 14.7. The Kier molecular flexibility index (Phi) is 5.55. The molecule has 0 heterocycles. The Morgan fingerprint density at radius 3 is 2.17 bits per heavy atom. The average Bonchev–Trinajstić information content (AvgIpc) is 2.42. The minimum Gasteiger partial charge on any atom is -0.460 e. The van der Waals surface area contributed by atoms with E-state index in [0.29, 0.717) is 27.1 Å². The van der Waals surface area contributed by atoms with Gasteiger partial charge in [0.05, 0.1) is 6.42 Å². The lowest BCUT2D eigenvalue weighted by Crippen LogP contribution is -2.24. The summed E-state index contributed by atoms with van der Waals surface area (Å²) in [6, 6.07) is 12.2. The van der Waals surface area contributed by atoms with Gasteiger partial charge in [0.15, 0.2) is 0 Å². The van der Waals surface area contributed by atoms with Gasteiger partial charge in [-0.3, -0.25) is 4.79 Å². The summed E-state index contributed by atoms with van der Waals surface area (Å²) in [5.41, 5.74) is 0.186. The maximum atomic E-state index is 11.9. The van der Waals surface area contributed by atoms with Gasteiger partial charge in [-0.25, -0.2) is 0 Å². The van der Waals surface area contributed by atoms with Crippen LogP contribution in [-0.2, 0) is 16.0 Å². The zero-order chi connectivity index (χ0) is 17.0. The molecule has 0 saturated heterocycles. The minimum absolute atomic E-state index is 0.122. The first-order valence-electron chi connectivity index (χ1n) is 7.17. The van der Waals surface area contributed by atoms with E-state index in [-0.39, 0.29) is 12.4 Å². The second-order valence-electron chi connectivity index (χ2n) is 6.07. The van der Waals surface area contributed by atoms with Crippen molar-refractivity contribution in [1.29, 1.82) is 0 Å². The molecule has 0 fully saturated rings. The van der Waals surface area contributed by atoms with Gasteiger partial charge in [-0.2, -0.15) is 0 Å². The number of ether oxygens (including phenoxy) is 2. The molecule has 0 aliphatic carbocycles. The van der Waals surface area contributed by atoms with Crippen molar-refractivity contribution >= 4 is 29.2 Å². The molecule has 122 valence electrons. The predicted octanol–water partition coefficient (Wildman–Crippen LogP) is 5.67. The summed E-state index contributed by atoms with van der Waals surface area (Å²) >= 11 is 12.1. The normalized spacial score (nSPS) is 11.2. The summed E-state index contributed by atoms with van der Waals surface area (Å²) in [5.74, 6) is 0.932. The monoisotopic (exact) mass is 352 g/mol. The lowest BCUT2D eigenvalue weighted by molar-refractivity contribution is -0.153. The van der Waals surface area contributed by atoms with Crippen LogP contribution in [0.15, 0.2) is 42.5 Å². The van der Waals surface area contributed by atoms with Gasteiger partial charge in [0.1, 0.15) is 17.1 Å². The molecule has 0 aliphatic heterocycles. The maximum absolute atomic E-state index is 11.9. The SMILES string of the molecule is CC(C)(C)OC(=O)Cc1ccc(Oc2ccc(Cl)cc2)cc1Cl. The van der Waals surface area contributed by atoms with Gasteiger partial charge >= 0.3 is 5.97 Å². The van der Waals surface area contributed by atoms with Crippen LogP contribution >= 0.6 is 23.2 Å². The number of esters is 1. The number of benzene rings is 2. The van der Waals surface area contributed by atoms with Crippen molar-refractivity contribution in [2.24, 2.45) is 0 Å². The highest BCUT2D eigenvalue weighted by Crippen LogP contribution is 2.28. The van der Waals surface area contributed by atoms with Crippen molar-refractivity contribution in [2.45, 2.75) is 32.8 Å². The zero-order valence-electron chi connectivity index (χ0n) is 13.2. The van der Waals surface area contributed by atoms with E-state index in [1.165, 1.54) is 0 Å². The third-order valence-electron chi connectivity index (χ3n) is 2.83. The topological polar surface area (TPSA) is 35.5 Å². The van der Waals surface area contributed by atoms with E-state index in [2.05, 4.69) is 0 Å². The molecule has 0 aromatic heterocycles. The Morgan fingerprint density at radius 1 is 1.00 bits per heavy atom. The fraction of sp³-hybridized carbons (Fsp3) is 0.278. The lowest BCUT2D eigenvalue weighted by atomic mass is 10.1. The highest BCUT2D eigenvalue weighted by atomic mass is 35.5.